The molecule has 0 aliphatic heterocycles. The Morgan fingerprint density at radius 2 is 1.88 bits per heavy atom. The molecule has 7 nitrogen and oxygen atoms in total. The van der Waals surface area contributed by atoms with E-state index in [-0.39, 0.29) is 6.42 Å². The Bertz CT molecular complexity index is 693. The molecule has 2 aromatic rings. The number of alkyl halides is 5. The van der Waals surface area contributed by atoms with Gasteiger partial charge in [0.15, 0.2) is 5.69 Å². The second-order valence-corrected chi connectivity index (χ2v) is 4.96. The summed E-state index contributed by atoms with van der Waals surface area (Å²) < 4.78 is 66.3. The fourth-order valence-electron chi connectivity index (χ4n) is 2.01. The van der Waals surface area contributed by atoms with Gasteiger partial charge >= 0.3 is 18.1 Å². The number of halogens is 5. The van der Waals surface area contributed by atoms with Crippen molar-refractivity contribution in [1.29, 1.82) is 0 Å². The van der Waals surface area contributed by atoms with E-state index in [9.17, 15) is 26.7 Å². The van der Waals surface area contributed by atoms with E-state index >= 15 is 0 Å². The average Bonchev–Trinajstić information content (AvgIpc) is 3.15. The van der Waals surface area contributed by atoms with Gasteiger partial charge in [0.2, 0.25) is 0 Å². The lowest BCUT2D eigenvalue weighted by Crippen LogP contribution is -2.35. The van der Waals surface area contributed by atoms with Gasteiger partial charge in [0.05, 0.1) is 18.1 Å². The molecule has 0 atom stereocenters. The van der Waals surface area contributed by atoms with Crippen molar-refractivity contribution in [3.05, 3.63) is 23.8 Å². The fourth-order valence-corrected chi connectivity index (χ4v) is 2.01. The van der Waals surface area contributed by atoms with Crippen LogP contribution in [0.1, 0.15) is 37.6 Å². The van der Waals surface area contributed by atoms with Gasteiger partial charge in [-0.1, -0.05) is 30.2 Å². The van der Waals surface area contributed by atoms with Gasteiger partial charge in [0.25, 0.3) is 0 Å². The van der Waals surface area contributed by atoms with E-state index in [0.29, 0.717) is 28.6 Å². The lowest BCUT2D eigenvalue weighted by atomic mass is 10.1. The molecule has 2 aromatic heterocycles. The summed E-state index contributed by atoms with van der Waals surface area (Å²) in [5.41, 5.74) is -2.16. The summed E-state index contributed by atoms with van der Waals surface area (Å²) in [7, 11) is 0. The number of nitrogens with zero attached hydrogens (tertiary/aromatic N) is 6. The SMILES string of the molecule is CCCCCc1c(C(F)(F)C(F)(F)F)nnn1C(=O)n1ccnn1. The second kappa shape index (κ2) is 6.61. The van der Waals surface area contributed by atoms with Crippen molar-refractivity contribution in [2.75, 3.05) is 0 Å². The summed E-state index contributed by atoms with van der Waals surface area (Å²) in [5, 5.41) is 12.8. The zero-order valence-electron chi connectivity index (χ0n) is 12.5. The van der Waals surface area contributed by atoms with Gasteiger partial charge in [-0.05, 0) is 12.8 Å². The third-order valence-electron chi connectivity index (χ3n) is 3.23. The minimum absolute atomic E-state index is 0.206. The minimum Gasteiger partial charge on any atom is -0.243 e. The second-order valence-electron chi connectivity index (χ2n) is 4.96. The number of carbonyl (C=O) groups is 1. The molecule has 0 bridgehead atoms. The van der Waals surface area contributed by atoms with Gasteiger partial charge in [0, 0.05) is 0 Å². The number of rotatable bonds is 5. The van der Waals surface area contributed by atoms with Crippen LogP contribution in [0.15, 0.2) is 12.4 Å². The molecule has 0 aliphatic rings. The summed E-state index contributed by atoms with van der Waals surface area (Å²) in [5.74, 6) is -5.21. The average molecular weight is 352 g/mol. The van der Waals surface area contributed by atoms with Crippen molar-refractivity contribution >= 4 is 6.03 Å². The standard InChI is InChI=1S/C12H13F5N6O/c1-2-3-4-5-8-9(11(13,14)12(15,16)17)19-21-23(8)10(24)22-7-6-18-20-22/h6-7H,2-5H2,1H3. The Kier molecular flexibility index (Phi) is 4.94. The first-order chi connectivity index (χ1) is 11.2. The first-order valence-electron chi connectivity index (χ1n) is 7.00. The molecule has 12 heteroatoms. The van der Waals surface area contributed by atoms with Crippen molar-refractivity contribution in [3.8, 4) is 0 Å². The van der Waals surface area contributed by atoms with Crippen LogP contribution >= 0.6 is 0 Å². The lowest BCUT2D eigenvalue weighted by Gasteiger charge is -2.18. The zero-order valence-corrected chi connectivity index (χ0v) is 12.5. The number of carbonyl (C=O) groups excluding carboxylic acids is 1. The van der Waals surface area contributed by atoms with Crippen LogP contribution in [0.4, 0.5) is 26.7 Å². The normalized spacial score (nSPS) is 12.6. The molecule has 0 fully saturated rings. The number of unbranched alkanes of at least 4 members (excludes halogenated alkanes) is 2. The summed E-state index contributed by atoms with van der Waals surface area (Å²) in [6.07, 6.45) is -2.19. The van der Waals surface area contributed by atoms with E-state index in [1.807, 2.05) is 6.92 Å². The van der Waals surface area contributed by atoms with Crippen LogP contribution in [0.3, 0.4) is 0 Å². The van der Waals surface area contributed by atoms with Crippen molar-refractivity contribution in [2.45, 2.75) is 44.7 Å². The highest BCUT2D eigenvalue weighted by molar-refractivity contribution is 5.78. The molecule has 2 rings (SSSR count). The fraction of sp³-hybridized carbons (Fsp3) is 0.583. The first kappa shape index (κ1) is 17.9. The molecule has 0 aliphatic carbocycles. The monoisotopic (exact) mass is 352 g/mol. The zero-order chi connectivity index (χ0) is 18.0. The third kappa shape index (κ3) is 3.26. The minimum atomic E-state index is -5.84. The Labute approximate surface area is 132 Å². The van der Waals surface area contributed by atoms with Gasteiger partial charge < -0.3 is 0 Å². The van der Waals surface area contributed by atoms with Crippen LogP contribution in [0.5, 0.6) is 0 Å². The predicted molar refractivity (Wildman–Crippen MR) is 69.4 cm³/mol. The molecule has 0 radical (unpaired) electrons. The molecule has 0 N–H and O–H groups in total. The maximum absolute atomic E-state index is 13.7. The van der Waals surface area contributed by atoms with Crippen LogP contribution in [0, 0.1) is 0 Å². The van der Waals surface area contributed by atoms with Gasteiger partial charge in [-0.25, -0.2) is 4.79 Å². The quantitative estimate of drug-likeness (QED) is 0.611. The Balaban J connectivity index is 2.47. The van der Waals surface area contributed by atoms with Crippen LogP contribution in [0.25, 0.3) is 0 Å². The van der Waals surface area contributed by atoms with E-state index < -0.39 is 29.5 Å². The molecule has 132 valence electrons. The highest BCUT2D eigenvalue weighted by Crippen LogP contribution is 2.44. The van der Waals surface area contributed by atoms with Gasteiger partial charge in [0.1, 0.15) is 0 Å². The van der Waals surface area contributed by atoms with Crippen molar-refractivity contribution in [2.24, 2.45) is 0 Å². The molecule has 2 heterocycles. The van der Waals surface area contributed by atoms with Crippen molar-refractivity contribution < 1.29 is 26.7 Å². The topological polar surface area (TPSA) is 78.5 Å². The summed E-state index contributed by atoms with van der Waals surface area (Å²) in [4.78, 5) is 12.1. The molecular weight excluding hydrogens is 339 g/mol. The molecule has 0 spiro atoms. The van der Waals surface area contributed by atoms with Crippen LogP contribution < -0.4 is 0 Å². The highest BCUT2D eigenvalue weighted by Gasteiger charge is 2.62. The smallest absolute Gasteiger partial charge is 0.243 e. The van der Waals surface area contributed by atoms with E-state index in [0.717, 1.165) is 12.4 Å². The molecule has 0 saturated heterocycles. The molecule has 0 saturated carbocycles. The Morgan fingerprint density at radius 1 is 1.17 bits per heavy atom. The van der Waals surface area contributed by atoms with E-state index in [1.165, 1.54) is 0 Å². The third-order valence-corrected chi connectivity index (χ3v) is 3.23. The highest BCUT2D eigenvalue weighted by atomic mass is 19.4. The summed E-state index contributed by atoms with van der Waals surface area (Å²) in [6, 6.07) is -1.05. The van der Waals surface area contributed by atoms with Crippen LogP contribution in [0.2, 0.25) is 0 Å². The van der Waals surface area contributed by atoms with E-state index in [2.05, 4.69) is 20.6 Å². The molecule has 24 heavy (non-hydrogen) atoms. The molecular formula is C12H13F5N6O. The number of hydrogen-bond donors (Lipinski definition) is 0. The summed E-state index contributed by atoms with van der Waals surface area (Å²) in [6.45, 7) is 1.83. The van der Waals surface area contributed by atoms with Crippen LogP contribution in [-0.4, -0.2) is 42.2 Å². The predicted octanol–water partition coefficient (Wildman–Crippen LogP) is 2.77. The lowest BCUT2D eigenvalue weighted by molar-refractivity contribution is -0.291. The van der Waals surface area contributed by atoms with E-state index in [4.69, 9.17) is 0 Å². The summed E-state index contributed by atoms with van der Waals surface area (Å²) >= 11 is 0. The van der Waals surface area contributed by atoms with Gasteiger partial charge in [-0.2, -0.15) is 31.3 Å². The maximum Gasteiger partial charge on any atom is 0.459 e. The van der Waals surface area contributed by atoms with Gasteiger partial charge in [-0.15, -0.1) is 10.2 Å². The molecule has 0 unspecified atom stereocenters. The first-order valence-corrected chi connectivity index (χ1v) is 7.00. The van der Waals surface area contributed by atoms with Crippen molar-refractivity contribution in [3.63, 3.8) is 0 Å². The molecule has 0 aromatic carbocycles. The van der Waals surface area contributed by atoms with Crippen LogP contribution in [-0.2, 0) is 12.3 Å². The number of hydrogen-bond acceptors (Lipinski definition) is 5. The Morgan fingerprint density at radius 3 is 2.42 bits per heavy atom. The van der Waals surface area contributed by atoms with Crippen molar-refractivity contribution in [1.82, 2.24) is 30.0 Å². The number of aromatic nitrogens is 6. The van der Waals surface area contributed by atoms with E-state index in [1.54, 1.807) is 0 Å². The largest absolute Gasteiger partial charge is 0.459 e. The van der Waals surface area contributed by atoms with Gasteiger partial charge in [-0.3, -0.25) is 0 Å². The molecule has 0 amide bonds. The maximum atomic E-state index is 13.7. The Hall–Kier alpha value is -2.40.